The Labute approximate surface area is 262 Å². The summed E-state index contributed by atoms with van der Waals surface area (Å²) in [5.41, 5.74) is 7.89. The Hall–Kier alpha value is -5.16. The standard InChI is InChI=1S/C40H24N2S2/c1-2-10-25(11-3-1)28-12-8-13-29(24-28)39-41-37(36-33-15-5-7-19-35(33)44-40(36)42-39)27-22-20-26(21-23-27)30-16-9-17-32-31-14-4-6-18-34(31)43-38(30)32/h1-24H. The van der Waals surface area contributed by atoms with Gasteiger partial charge in [0, 0.05) is 46.8 Å². The highest BCUT2D eigenvalue weighted by molar-refractivity contribution is 7.26. The van der Waals surface area contributed by atoms with Crippen LogP contribution in [0.5, 0.6) is 0 Å². The van der Waals surface area contributed by atoms with Crippen LogP contribution in [0.15, 0.2) is 146 Å². The lowest BCUT2D eigenvalue weighted by molar-refractivity contribution is 1.24. The zero-order valence-electron chi connectivity index (χ0n) is 23.6. The molecule has 0 unspecified atom stereocenters. The molecule has 0 N–H and O–H groups in total. The third kappa shape index (κ3) is 4.15. The Bertz CT molecular complexity index is 2490. The number of hydrogen-bond acceptors (Lipinski definition) is 4. The molecule has 0 fully saturated rings. The second-order valence-corrected chi connectivity index (χ2v) is 13.1. The van der Waals surface area contributed by atoms with E-state index in [2.05, 4.69) is 140 Å². The van der Waals surface area contributed by atoms with E-state index in [-0.39, 0.29) is 0 Å². The molecule has 3 aromatic heterocycles. The summed E-state index contributed by atoms with van der Waals surface area (Å²) < 4.78 is 3.87. The molecule has 0 amide bonds. The molecule has 0 aliphatic rings. The first-order valence-corrected chi connectivity index (χ1v) is 16.3. The smallest absolute Gasteiger partial charge is 0.161 e. The lowest BCUT2D eigenvalue weighted by Crippen LogP contribution is -1.94. The van der Waals surface area contributed by atoms with Crippen molar-refractivity contribution in [2.24, 2.45) is 0 Å². The molecule has 0 saturated carbocycles. The third-order valence-electron chi connectivity index (χ3n) is 8.34. The van der Waals surface area contributed by atoms with Crippen molar-refractivity contribution in [2.45, 2.75) is 0 Å². The van der Waals surface area contributed by atoms with Crippen molar-refractivity contribution in [2.75, 3.05) is 0 Å². The van der Waals surface area contributed by atoms with Gasteiger partial charge in [-0.3, -0.25) is 0 Å². The maximum absolute atomic E-state index is 5.28. The van der Waals surface area contributed by atoms with Crippen molar-refractivity contribution in [3.63, 3.8) is 0 Å². The largest absolute Gasteiger partial charge is 0.227 e. The van der Waals surface area contributed by atoms with Gasteiger partial charge in [-0.15, -0.1) is 22.7 Å². The van der Waals surface area contributed by atoms with Gasteiger partial charge >= 0.3 is 0 Å². The summed E-state index contributed by atoms with van der Waals surface area (Å²) in [5, 5.41) is 4.96. The molecule has 0 bridgehead atoms. The molecule has 0 spiro atoms. The van der Waals surface area contributed by atoms with Crippen molar-refractivity contribution in [3.8, 4) is 44.9 Å². The second kappa shape index (κ2) is 10.2. The van der Waals surface area contributed by atoms with E-state index in [1.54, 1.807) is 11.3 Å². The highest BCUT2D eigenvalue weighted by atomic mass is 32.1. The van der Waals surface area contributed by atoms with E-state index in [9.17, 15) is 0 Å². The van der Waals surface area contributed by atoms with E-state index >= 15 is 0 Å². The lowest BCUT2D eigenvalue weighted by Gasteiger charge is -2.10. The van der Waals surface area contributed by atoms with Gasteiger partial charge in [0.25, 0.3) is 0 Å². The Morgan fingerprint density at radius 3 is 1.89 bits per heavy atom. The number of thiophene rings is 2. The maximum Gasteiger partial charge on any atom is 0.161 e. The quantitative estimate of drug-likeness (QED) is 0.202. The van der Waals surface area contributed by atoms with Crippen LogP contribution < -0.4 is 0 Å². The minimum atomic E-state index is 0.746. The summed E-state index contributed by atoms with van der Waals surface area (Å²) in [5.74, 6) is 0.746. The SMILES string of the molecule is c1ccc(-c2cccc(-c3nc(-c4ccc(-c5cccc6c5sc5ccccc56)cc4)c4c(n3)sc3ccccc34)c2)cc1. The molecule has 9 aromatic rings. The zero-order chi connectivity index (χ0) is 29.0. The van der Waals surface area contributed by atoms with Crippen LogP contribution in [0.3, 0.4) is 0 Å². The molecule has 6 aromatic carbocycles. The molecular formula is C40H24N2S2. The van der Waals surface area contributed by atoms with Crippen LogP contribution in [0.25, 0.3) is 85.4 Å². The highest BCUT2D eigenvalue weighted by Crippen LogP contribution is 2.42. The molecule has 4 heteroatoms. The summed E-state index contributed by atoms with van der Waals surface area (Å²) in [6.45, 7) is 0. The fourth-order valence-electron chi connectivity index (χ4n) is 6.21. The van der Waals surface area contributed by atoms with Gasteiger partial charge in [0.2, 0.25) is 0 Å². The van der Waals surface area contributed by atoms with E-state index in [0.29, 0.717) is 0 Å². The first-order valence-electron chi connectivity index (χ1n) is 14.7. The molecule has 9 rings (SSSR count). The van der Waals surface area contributed by atoms with Crippen molar-refractivity contribution in [1.82, 2.24) is 9.97 Å². The molecule has 0 aliphatic carbocycles. The van der Waals surface area contributed by atoms with Crippen LogP contribution in [0.2, 0.25) is 0 Å². The second-order valence-electron chi connectivity index (χ2n) is 11.0. The predicted molar refractivity (Wildman–Crippen MR) is 190 cm³/mol. The Morgan fingerprint density at radius 2 is 1.05 bits per heavy atom. The summed E-state index contributed by atoms with van der Waals surface area (Å²) >= 11 is 3.60. The number of benzene rings is 6. The summed E-state index contributed by atoms with van der Waals surface area (Å²) in [4.78, 5) is 11.4. The number of hydrogen-bond donors (Lipinski definition) is 0. The molecule has 3 heterocycles. The van der Waals surface area contributed by atoms with Gasteiger partial charge in [-0.25, -0.2) is 9.97 Å². The number of fused-ring (bicyclic) bond motifs is 6. The van der Waals surface area contributed by atoms with Crippen LogP contribution in [0.4, 0.5) is 0 Å². The molecular weight excluding hydrogens is 573 g/mol. The first-order chi connectivity index (χ1) is 21.8. The van der Waals surface area contributed by atoms with Crippen LogP contribution in [-0.2, 0) is 0 Å². The van der Waals surface area contributed by atoms with Crippen LogP contribution in [0.1, 0.15) is 0 Å². The number of aromatic nitrogens is 2. The van der Waals surface area contributed by atoms with Crippen LogP contribution >= 0.6 is 22.7 Å². The molecule has 0 radical (unpaired) electrons. The average molecular weight is 597 g/mol. The molecule has 0 saturated heterocycles. The maximum atomic E-state index is 5.28. The van der Waals surface area contributed by atoms with Gasteiger partial charge in [0.05, 0.1) is 5.69 Å². The van der Waals surface area contributed by atoms with Crippen LogP contribution in [0, 0.1) is 0 Å². The van der Waals surface area contributed by atoms with E-state index in [4.69, 9.17) is 9.97 Å². The van der Waals surface area contributed by atoms with Crippen LogP contribution in [-0.4, -0.2) is 9.97 Å². The third-order valence-corrected chi connectivity index (χ3v) is 10.6. The Balaban J connectivity index is 1.21. The summed E-state index contributed by atoms with van der Waals surface area (Å²) in [6.07, 6.45) is 0. The minimum Gasteiger partial charge on any atom is -0.227 e. The van der Waals surface area contributed by atoms with E-state index < -0.39 is 0 Å². The van der Waals surface area contributed by atoms with Gasteiger partial charge < -0.3 is 0 Å². The van der Waals surface area contributed by atoms with Gasteiger partial charge in [-0.2, -0.15) is 0 Å². The van der Waals surface area contributed by atoms with Crippen molar-refractivity contribution in [1.29, 1.82) is 0 Å². The highest BCUT2D eigenvalue weighted by Gasteiger charge is 2.18. The Morgan fingerprint density at radius 1 is 0.409 bits per heavy atom. The molecule has 0 aliphatic heterocycles. The normalized spacial score (nSPS) is 11.6. The van der Waals surface area contributed by atoms with Crippen molar-refractivity contribution < 1.29 is 0 Å². The average Bonchev–Trinajstić information content (AvgIpc) is 3.67. The van der Waals surface area contributed by atoms with Gasteiger partial charge in [0.1, 0.15) is 4.83 Å². The van der Waals surface area contributed by atoms with E-state index in [1.807, 2.05) is 17.4 Å². The predicted octanol–water partition coefficient (Wildman–Crippen LogP) is 11.9. The summed E-state index contributed by atoms with van der Waals surface area (Å²) in [6, 6.07) is 51.8. The first kappa shape index (κ1) is 25.3. The minimum absolute atomic E-state index is 0.746. The van der Waals surface area contributed by atoms with Gasteiger partial charge in [-0.05, 0) is 40.5 Å². The fraction of sp³-hybridized carbons (Fsp3) is 0. The fourth-order valence-corrected chi connectivity index (χ4v) is 8.53. The van der Waals surface area contributed by atoms with E-state index in [0.717, 1.165) is 38.4 Å². The lowest BCUT2D eigenvalue weighted by atomic mass is 9.99. The number of rotatable bonds is 4. The number of nitrogens with zero attached hydrogens (tertiary/aromatic N) is 2. The van der Waals surface area contributed by atoms with Gasteiger partial charge in [-0.1, -0.05) is 127 Å². The summed E-state index contributed by atoms with van der Waals surface area (Å²) in [7, 11) is 0. The molecule has 0 atom stereocenters. The molecule has 206 valence electrons. The van der Waals surface area contributed by atoms with Crippen molar-refractivity contribution >= 4 is 63.1 Å². The molecule has 2 nitrogen and oxygen atoms in total. The monoisotopic (exact) mass is 596 g/mol. The van der Waals surface area contributed by atoms with Crippen molar-refractivity contribution in [3.05, 3.63) is 146 Å². The molecule has 44 heavy (non-hydrogen) atoms. The van der Waals surface area contributed by atoms with Gasteiger partial charge in [0.15, 0.2) is 5.82 Å². The Kier molecular flexibility index (Phi) is 5.90. The van der Waals surface area contributed by atoms with E-state index in [1.165, 1.54) is 46.9 Å². The topological polar surface area (TPSA) is 25.8 Å². The zero-order valence-corrected chi connectivity index (χ0v) is 25.2.